The Morgan fingerprint density at radius 1 is 0.955 bits per heavy atom. The number of rotatable bonds is 4. The number of carbonyl (C=O) groups excluding carboxylic acids is 1. The third-order valence-corrected chi connectivity index (χ3v) is 5.53. The molecular formula is C17H27NO4. The Labute approximate surface area is 132 Å². The fourth-order valence-corrected chi connectivity index (χ4v) is 3.83. The van der Waals surface area contributed by atoms with Crippen molar-refractivity contribution in [2.45, 2.75) is 64.1 Å². The van der Waals surface area contributed by atoms with E-state index < -0.39 is 11.9 Å². The van der Waals surface area contributed by atoms with Crippen molar-refractivity contribution in [2.75, 3.05) is 13.1 Å². The summed E-state index contributed by atoms with van der Waals surface area (Å²) < 4.78 is 6.21. The Morgan fingerprint density at radius 3 is 2.09 bits per heavy atom. The number of carboxylic acid groups (broad SMARTS) is 1. The second-order valence-corrected chi connectivity index (χ2v) is 7.33. The van der Waals surface area contributed by atoms with Gasteiger partial charge in [0.25, 0.3) is 0 Å². The van der Waals surface area contributed by atoms with Crippen molar-refractivity contribution < 1.29 is 19.4 Å². The summed E-state index contributed by atoms with van der Waals surface area (Å²) in [5, 5.41) is 8.92. The van der Waals surface area contributed by atoms with Gasteiger partial charge in [-0.2, -0.15) is 0 Å². The zero-order valence-corrected chi connectivity index (χ0v) is 13.4. The topological polar surface area (TPSA) is 66.8 Å². The Kier molecular flexibility index (Phi) is 4.71. The molecule has 0 aromatic carbocycles. The maximum absolute atomic E-state index is 12.2. The standard InChI is InChI=1S/C17H27NO4/c1-11-2-4-12(5-3-11)22-13-6-8-18(9-7-13)16(19)14-10-15(14)17(20)21/h11-15H,2-10H2,1H3,(H,20,21). The predicted octanol–water partition coefficient (Wildman–Crippen LogP) is 2.29. The van der Waals surface area contributed by atoms with Crippen LogP contribution in [0.4, 0.5) is 0 Å². The summed E-state index contributed by atoms with van der Waals surface area (Å²) in [6, 6.07) is 0. The first kappa shape index (κ1) is 15.8. The maximum atomic E-state index is 12.2. The summed E-state index contributed by atoms with van der Waals surface area (Å²) in [6.45, 7) is 3.74. The van der Waals surface area contributed by atoms with E-state index in [1.54, 1.807) is 0 Å². The Hall–Kier alpha value is -1.10. The lowest BCUT2D eigenvalue weighted by molar-refractivity contribution is -0.143. The molecule has 22 heavy (non-hydrogen) atoms. The molecule has 0 bridgehead atoms. The molecule has 2 atom stereocenters. The molecule has 1 amide bonds. The molecule has 1 aliphatic heterocycles. The van der Waals surface area contributed by atoms with E-state index in [2.05, 4.69) is 6.92 Å². The molecule has 1 saturated heterocycles. The number of aliphatic carboxylic acids is 1. The van der Waals surface area contributed by atoms with E-state index in [0.29, 0.717) is 12.5 Å². The molecule has 3 fully saturated rings. The predicted molar refractivity (Wildman–Crippen MR) is 81.3 cm³/mol. The molecule has 3 rings (SSSR count). The summed E-state index contributed by atoms with van der Waals surface area (Å²) >= 11 is 0. The van der Waals surface area contributed by atoms with Crippen LogP contribution in [-0.2, 0) is 14.3 Å². The normalized spacial score (nSPS) is 36.1. The van der Waals surface area contributed by atoms with Gasteiger partial charge in [0.2, 0.25) is 5.91 Å². The molecule has 0 radical (unpaired) electrons. The highest BCUT2D eigenvalue weighted by Gasteiger charge is 2.50. The van der Waals surface area contributed by atoms with Gasteiger partial charge in [0.15, 0.2) is 0 Å². The summed E-state index contributed by atoms with van der Waals surface area (Å²) in [4.78, 5) is 24.9. The van der Waals surface area contributed by atoms with Gasteiger partial charge in [0, 0.05) is 13.1 Å². The number of carboxylic acids is 1. The van der Waals surface area contributed by atoms with Crippen LogP contribution >= 0.6 is 0 Å². The van der Waals surface area contributed by atoms with Crippen LogP contribution in [0.15, 0.2) is 0 Å². The quantitative estimate of drug-likeness (QED) is 0.865. The highest BCUT2D eigenvalue weighted by atomic mass is 16.5. The van der Waals surface area contributed by atoms with Crippen LogP contribution in [0.5, 0.6) is 0 Å². The first-order chi connectivity index (χ1) is 10.5. The number of hydrogen-bond donors (Lipinski definition) is 1. The van der Waals surface area contributed by atoms with Gasteiger partial charge < -0.3 is 14.7 Å². The monoisotopic (exact) mass is 309 g/mol. The molecule has 0 aromatic heterocycles. The van der Waals surface area contributed by atoms with Crippen molar-refractivity contribution in [3.05, 3.63) is 0 Å². The minimum atomic E-state index is -0.830. The maximum Gasteiger partial charge on any atom is 0.307 e. The smallest absolute Gasteiger partial charge is 0.307 e. The summed E-state index contributed by atoms with van der Waals surface area (Å²) in [7, 11) is 0. The van der Waals surface area contributed by atoms with Crippen molar-refractivity contribution in [2.24, 2.45) is 17.8 Å². The van der Waals surface area contributed by atoms with E-state index in [-0.39, 0.29) is 17.9 Å². The molecular weight excluding hydrogens is 282 g/mol. The Bertz CT molecular complexity index is 422. The second-order valence-electron chi connectivity index (χ2n) is 7.33. The van der Waals surface area contributed by atoms with E-state index >= 15 is 0 Å². The van der Waals surface area contributed by atoms with Gasteiger partial charge in [-0.3, -0.25) is 9.59 Å². The summed E-state index contributed by atoms with van der Waals surface area (Å²) in [5.74, 6) is -0.666. The van der Waals surface area contributed by atoms with Crippen LogP contribution in [0.3, 0.4) is 0 Å². The first-order valence-corrected chi connectivity index (χ1v) is 8.71. The lowest BCUT2D eigenvalue weighted by Crippen LogP contribution is -2.43. The average molecular weight is 309 g/mol. The van der Waals surface area contributed by atoms with Crippen LogP contribution in [0.1, 0.15) is 51.9 Å². The van der Waals surface area contributed by atoms with E-state index in [0.717, 1.165) is 31.8 Å². The molecule has 2 aliphatic carbocycles. The lowest BCUT2D eigenvalue weighted by Gasteiger charge is -2.35. The average Bonchev–Trinajstić information content (AvgIpc) is 3.30. The summed E-state index contributed by atoms with van der Waals surface area (Å²) in [5.41, 5.74) is 0. The van der Waals surface area contributed by atoms with E-state index in [1.807, 2.05) is 4.90 Å². The number of piperidine rings is 1. The molecule has 1 N–H and O–H groups in total. The Morgan fingerprint density at radius 2 is 1.55 bits per heavy atom. The van der Waals surface area contributed by atoms with Gasteiger partial charge >= 0.3 is 5.97 Å². The molecule has 0 spiro atoms. The highest BCUT2D eigenvalue weighted by Crippen LogP contribution is 2.40. The minimum absolute atomic E-state index is 0.0392. The van der Waals surface area contributed by atoms with Crippen LogP contribution in [0, 0.1) is 17.8 Å². The third-order valence-electron chi connectivity index (χ3n) is 5.53. The van der Waals surface area contributed by atoms with Crippen molar-refractivity contribution in [3.8, 4) is 0 Å². The van der Waals surface area contributed by atoms with E-state index in [4.69, 9.17) is 9.84 Å². The molecule has 124 valence electrons. The number of carbonyl (C=O) groups is 2. The van der Waals surface area contributed by atoms with Gasteiger partial charge in [-0.1, -0.05) is 6.92 Å². The zero-order valence-electron chi connectivity index (χ0n) is 13.4. The summed E-state index contributed by atoms with van der Waals surface area (Å²) in [6.07, 6.45) is 7.85. The largest absolute Gasteiger partial charge is 0.481 e. The van der Waals surface area contributed by atoms with Crippen LogP contribution < -0.4 is 0 Å². The Balaban J connectivity index is 1.39. The first-order valence-electron chi connectivity index (χ1n) is 8.71. The number of amides is 1. The number of hydrogen-bond acceptors (Lipinski definition) is 3. The number of likely N-dealkylation sites (tertiary alicyclic amines) is 1. The lowest BCUT2D eigenvalue weighted by atomic mass is 9.88. The molecule has 5 nitrogen and oxygen atoms in total. The fourth-order valence-electron chi connectivity index (χ4n) is 3.83. The van der Waals surface area contributed by atoms with Crippen molar-refractivity contribution in [1.82, 2.24) is 4.90 Å². The second kappa shape index (κ2) is 6.57. The van der Waals surface area contributed by atoms with Gasteiger partial charge in [0.05, 0.1) is 24.0 Å². The number of ether oxygens (including phenoxy) is 1. The molecule has 3 aliphatic rings. The molecule has 2 unspecified atom stereocenters. The highest BCUT2D eigenvalue weighted by molar-refractivity contribution is 5.89. The van der Waals surface area contributed by atoms with Gasteiger partial charge in [-0.05, 0) is 50.9 Å². The van der Waals surface area contributed by atoms with Crippen molar-refractivity contribution in [1.29, 1.82) is 0 Å². The van der Waals surface area contributed by atoms with E-state index in [1.165, 1.54) is 25.7 Å². The van der Waals surface area contributed by atoms with Crippen LogP contribution in [-0.4, -0.2) is 47.2 Å². The van der Waals surface area contributed by atoms with Crippen LogP contribution in [0.2, 0.25) is 0 Å². The van der Waals surface area contributed by atoms with Crippen molar-refractivity contribution >= 4 is 11.9 Å². The van der Waals surface area contributed by atoms with E-state index in [9.17, 15) is 9.59 Å². The van der Waals surface area contributed by atoms with Gasteiger partial charge in [0.1, 0.15) is 0 Å². The molecule has 0 aromatic rings. The van der Waals surface area contributed by atoms with Gasteiger partial charge in [-0.25, -0.2) is 0 Å². The van der Waals surface area contributed by atoms with Gasteiger partial charge in [-0.15, -0.1) is 0 Å². The van der Waals surface area contributed by atoms with Crippen LogP contribution in [0.25, 0.3) is 0 Å². The SMILES string of the molecule is CC1CCC(OC2CCN(C(=O)C3CC3C(=O)O)CC2)CC1. The third kappa shape index (κ3) is 3.62. The fraction of sp³-hybridized carbons (Fsp3) is 0.882. The zero-order chi connectivity index (χ0) is 15.7. The molecule has 2 saturated carbocycles. The molecule has 1 heterocycles. The molecule has 5 heteroatoms. The minimum Gasteiger partial charge on any atom is -0.481 e. The number of nitrogens with zero attached hydrogens (tertiary/aromatic N) is 1. The van der Waals surface area contributed by atoms with Crippen molar-refractivity contribution in [3.63, 3.8) is 0 Å².